The van der Waals surface area contributed by atoms with E-state index in [0.717, 1.165) is 0 Å². The summed E-state index contributed by atoms with van der Waals surface area (Å²) in [6, 6.07) is -0.944. The van der Waals surface area contributed by atoms with Gasteiger partial charge in [-0.2, -0.15) is 0 Å². The van der Waals surface area contributed by atoms with Gasteiger partial charge < -0.3 is 15.7 Å². The molecule has 0 aromatic carbocycles. The van der Waals surface area contributed by atoms with Gasteiger partial charge in [-0.1, -0.05) is 13.8 Å². The van der Waals surface area contributed by atoms with Crippen molar-refractivity contribution in [1.82, 2.24) is 15.5 Å². The molecule has 0 saturated heterocycles. The molecule has 7 nitrogen and oxygen atoms in total. The molecule has 0 aliphatic carbocycles. The standard InChI is InChI=1S/C10H18ClN3O4/c1-6(2)3-7(10(17)18)14-9(16)4-12-8(15)5-13-11/h6-7,13H,3-5H2,1-2H3,(H,12,15)(H,14,16)(H,17,18)/t7-/m0/s1. The Balaban J connectivity index is 4.10. The Bertz CT molecular complexity index is 309. The maximum Gasteiger partial charge on any atom is 0.326 e. The lowest BCUT2D eigenvalue weighted by molar-refractivity contribution is -0.142. The predicted octanol–water partition coefficient (Wildman–Crippen LogP) is -0.538. The number of carboxylic acid groups (broad SMARTS) is 1. The van der Waals surface area contributed by atoms with Gasteiger partial charge in [0.25, 0.3) is 0 Å². The normalized spacial score (nSPS) is 12.0. The summed E-state index contributed by atoms with van der Waals surface area (Å²) in [5.41, 5.74) is 0. The van der Waals surface area contributed by atoms with Crippen LogP contribution >= 0.6 is 11.8 Å². The lowest BCUT2D eigenvalue weighted by Gasteiger charge is -2.16. The summed E-state index contributed by atoms with van der Waals surface area (Å²) in [6.45, 7) is 3.31. The van der Waals surface area contributed by atoms with Gasteiger partial charge in [0.2, 0.25) is 11.8 Å². The van der Waals surface area contributed by atoms with E-state index in [9.17, 15) is 14.4 Å². The minimum atomic E-state index is -1.09. The molecule has 0 rings (SSSR count). The maximum atomic E-state index is 11.4. The first-order valence-electron chi connectivity index (χ1n) is 5.49. The number of carbonyl (C=O) groups excluding carboxylic acids is 2. The summed E-state index contributed by atoms with van der Waals surface area (Å²) < 4.78 is 0. The lowest BCUT2D eigenvalue weighted by Crippen LogP contribution is -2.46. The van der Waals surface area contributed by atoms with Crippen molar-refractivity contribution in [3.8, 4) is 0 Å². The monoisotopic (exact) mass is 279 g/mol. The maximum absolute atomic E-state index is 11.4. The van der Waals surface area contributed by atoms with E-state index in [2.05, 4.69) is 15.5 Å². The van der Waals surface area contributed by atoms with E-state index in [-0.39, 0.29) is 19.0 Å². The van der Waals surface area contributed by atoms with Gasteiger partial charge >= 0.3 is 5.97 Å². The number of amides is 2. The van der Waals surface area contributed by atoms with Crippen molar-refractivity contribution >= 4 is 29.6 Å². The van der Waals surface area contributed by atoms with E-state index < -0.39 is 23.8 Å². The zero-order chi connectivity index (χ0) is 14.1. The fraction of sp³-hybridized carbons (Fsp3) is 0.700. The Kier molecular flexibility index (Phi) is 8.06. The van der Waals surface area contributed by atoms with Crippen LogP contribution in [0.3, 0.4) is 0 Å². The average molecular weight is 280 g/mol. The number of halogens is 1. The third-order valence-electron chi connectivity index (χ3n) is 2.01. The Morgan fingerprint density at radius 1 is 1.17 bits per heavy atom. The molecule has 2 amide bonds. The molecule has 8 heteroatoms. The number of carboxylic acids is 1. The minimum Gasteiger partial charge on any atom is -0.480 e. The van der Waals surface area contributed by atoms with E-state index in [0.29, 0.717) is 6.42 Å². The molecule has 0 aliphatic rings. The highest BCUT2D eigenvalue weighted by Crippen LogP contribution is 2.04. The van der Waals surface area contributed by atoms with Crippen molar-refractivity contribution in [2.75, 3.05) is 13.1 Å². The van der Waals surface area contributed by atoms with E-state index in [4.69, 9.17) is 16.9 Å². The third-order valence-corrected chi connectivity index (χ3v) is 2.15. The van der Waals surface area contributed by atoms with Crippen molar-refractivity contribution in [3.63, 3.8) is 0 Å². The molecule has 0 spiro atoms. The summed E-state index contributed by atoms with van der Waals surface area (Å²) >= 11 is 5.11. The molecular formula is C10H18ClN3O4. The minimum absolute atomic E-state index is 0.122. The van der Waals surface area contributed by atoms with Crippen molar-refractivity contribution in [2.24, 2.45) is 5.92 Å². The molecule has 1 atom stereocenters. The third kappa shape index (κ3) is 7.86. The van der Waals surface area contributed by atoms with Gasteiger partial charge in [-0.05, 0) is 24.1 Å². The Morgan fingerprint density at radius 2 is 1.78 bits per heavy atom. The molecular weight excluding hydrogens is 262 g/mol. The van der Waals surface area contributed by atoms with Crippen molar-refractivity contribution in [2.45, 2.75) is 26.3 Å². The first-order chi connectivity index (χ1) is 8.36. The molecule has 0 fully saturated rings. The lowest BCUT2D eigenvalue weighted by atomic mass is 10.0. The first kappa shape index (κ1) is 16.7. The highest BCUT2D eigenvalue weighted by atomic mass is 35.5. The Hall–Kier alpha value is -1.34. The molecule has 0 unspecified atom stereocenters. The molecule has 0 bridgehead atoms. The summed E-state index contributed by atoms with van der Waals surface area (Å²) in [5, 5.41) is 13.5. The van der Waals surface area contributed by atoms with Gasteiger partial charge in [-0.25, -0.2) is 9.63 Å². The average Bonchev–Trinajstić information content (AvgIpc) is 2.25. The van der Waals surface area contributed by atoms with Crippen molar-refractivity contribution < 1.29 is 19.5 Å². The number of rotatable bonds is 8. The second-order valence-electron chi connectivity index (χ2n) is 4.18. The van der Waals surface area contributed by atoms with Crippen molar-refractivity contribution in [1.29, 1.82) is 0 Å². The second-order valence-corrected chi connectivity index (χ2v) is 4.44. The van der Waals surface area contributed by atoms with Crippen LogP contribution in [0.25, 0.3) is 0 Å². The summed E-state index contributed by atoms with van der Waals surface area (Å²) in [5.74, 6) is -1.95. The largest absolute Gasteiger partial charge is 0.480 e. The molecule has 0 radical (unpaired) electrons. The second kappa shape index (κ2) is 8.71. The topological polar surface area (TPSA) is 108 Å². The fourth-order valence-electron chi connectivity index (χ4n) is 1.24. The SMILES string of the molecule is CC(C)C[C@H](NC(=O)CNC(=O)CNCl)C(=O)O. The van der Waals surface area contributed by atoms with Crippen LogP contribution in [0.4, 0.5) is 0 Å². The molecule has 104 valence electrons. The van der Waals surface area contributed by atoms with Gasteiger partial charge in [0.05, 0.1) is 13.1 Å². The van der Waals surface area contributed by atoms with E-state index in [1.165, 1.54) is 0 Å². The van der Waals surface area contributed by atoms with Gasteiger partial charge in [-0.3, -0.25) is 9.59 Å². The van der Waals surface area contributed by atoms with Crippen LogP contribution in [0.2, 0.25) is 0 Å². The zero-order valence-corrected chi connectivity index (χ0v) is 11.1. The first-order valence-corrected chi connectivity index (χ1v) is 5.87. The number of hydrogen-bond donors (Lipinski definition) is 4. The number of nitrogens with one attached hydrogen (secondary N) is 3. The number of carbonyl (C=O) groups is 3. The van der Waals surface area contributed by atoms with Gasteiger partial charge in [0, 0.05) is 0 Å². The molecule has 18 heavy (non-hydrogen) atoms. The molecule has 0 aromatic heterocycles. The molecule has 4 N–H and O–H groups in total. The predicted molar refractivity (Wildman–Crippen MR) is 65.9 cm³/mol. The highest BCUT2D eigenvalue weighted by molar-refractivity contribution is 6.14. The van der Waals surface area contributed by atoms with Gasteiger partial charge in [0.1, 0.15) is 6.04 Å². The molecule has 0 saturated carbocycles. The quantitative estimate of drug-likeness (QED) is 0.447. The highest BCUT2D eigenvalue weighted by Gasteiger charge is 2.20. The van der Waals surface area contributed by atoms with E-state index in [1.807, 2.05) is 13.8 Å². The Labute approximate surface area is 110 Å². The van der Waals surface area contributed by atoms with Gasteiger partial charge in [-0.15, -0.1) is 0 Å². The van der Waals surface area contributed by atoms with Crippen LogP contribution in [-0.4, -0.2) is 42.0 Å². The van der Waals surface area contributed by atoms with Crippen LogP contribution in [0, 0.1) is 5.92 Å². The van der Waals surface area contributed by atoms with E-state index >= 15 is 0 Å². The fourth-order valence-corrected chi connectivity index (χ4v) is 1.36. The van der Waals surface area contributed by atoms with Gasteiger partial charge in [0.15, 0.2) is 0 Å². The Morgan fingerprint density at radius 3 is 2.22 bits per heavy atom. The summed E-state index contributed by atoms with van der Waals surface area (Å²) in [4.78, 5) is 35.4. The van der Waals surface area contributed by atoms with Crippen LogP contribution in [0.15, 0.2) is 0 Å². The van der Waals surface area contributed by atoms with Crippen LogP contribution in [-0.2, 0) is 14.4 Å². The molecule has 0 heterocycles. The van der Waals surface area contributed by atoms with E-state index in [1.54, 1.807) is 0 Å². The van der Waals surface area contributed by atoms with Crippen LogP contribution in [0.5, 0.6) is 0 Å². The smallest absolute Gasteiger partial charge is 0.326 e. The van der Waals surface area contributed by atoms with Crippen LogP contribution < -0.4 is 15.5 Å². The number of aliphatic carboxylic acids is 1. The number of hydrogen-bond acceptors (Lipinski definition) is 4. The molecule has 0 aromatic rings. The summed E-state index contributed by atoms with van der Waals surface area (Å²) in [6.07, 6.45) is 0.332. The van der Waals surface area contributed by atoms with Crippen molar-refractivity contribution in [3.05, 3.63) is 0 Å². The van der Waals surface area contributed by atoms with Crippen LogP contribution in [0.1, 0.15) is 20.3 Å². The summed E-state index contributed by atoms with van der Waals surface area (Å²) in [7, 11) is 0. The molecule has 0 aliphatic heterocycles. The zero-order valence-electron chi connectivity index (χ0n) is 10.3.